The molecule has 110 valence electrons. The van der Waals surface area contributed by atoms with Crippen molar-refractivity contribution in [1.82, 2.24) is 10.2 Å². The van der Waals surface area contributed by atoms with Crippen molar-refractivity contribution < 1.29 is 4.92 Å². The topological polar surface area (TPSA) is 107 Å². The lowest BCUT2D eigenvalue weighted by Gasteiger charge is -2.00. The first-order chi connectivity index (χ1) is 10.6. The van der Waals surface area contributed by atoms with Gasteiger partial charge in [0.1, 0.15) is 5.01 Å². The van der Waals surface area contributed by atoms with E-state index in [-0.39, 0.29) is 5.69 Å². The van der Waals surface area contributed by atoms with Crippen LogP contribution in [0.4, 0.5) is 22.2 Å². The quantitative estimate of drug-likeness (QED) is 0.434. The lowest BCUT2D eigenvalue weighted by atomic mass is 10.2. The molecule has 0 aliphatic rings. The maximum Gasteiger partial charge on any atom is 0.269 e. The molecule has 0 aliphatic carbocycles. The van der Waals surface area contributed by atoms with Crippen LogP contribution in [0.3, 0.4) is 0 Å². The maximum atomic E-state index is 10.6. The maximum absolute atomic E-state index is 10.6. The number of nitrogens with zero attached hydrogens (tertiary/aromatic N) is 3. The fourth-order valence-electron chi connectivity index (χ4n) is 1.81. The molecule has 0 aliphatic heterocycles. The van der Waals surface area contributed by atoms with Gasteiger partial charge in [0.15, 0.2) is 0 Å². The number of rotatable bonds is 4. The Morgan fingerprint density at radius 1 is 1.05 bits per heavy atom. The summed E-state index contributed by atoms with van der Waals surface area (Å²) in [5.74, 6) is 0. The molecule has 8 heteroatoms. The van der Waals surface area contributed by atoms with E-state index in [1.165, 1.54) is 23.5 Å². The molecular weight excluding hydrogens is 302 g/mol. The zero-order valence-corrected chi connectivity index (χ0v) is 12.1. The van der Waals surface area contributed by atoms with Crippen molar-refractivity contribution in [3.8, 4) is 10.6 Å². The predicted octanol–water partition coefficient (Wildman–Crippen LogP) is 3.44. The number of hydrogen-bond donors (Lipinski definition) is 2. The smallest absolute Gasteiger partial charge is 0.269 e. The van der Waals surface area contributed by atoms with Gasteiger partial charge < -0.3 is 11.1 Å². The van der Waals surface area contributed by atoms with Gasteiger partial charge in [0.2, 0.25) is 5.13 Å². The van der Waals surface area contributed by atoms with Crippen LogP contribution in [-0.4, -0.2) is 15.1 Å². The second-order valence-corrected chi connectivity index (χ2v) is 5.44. The Morgan fingerprint density at radius 2 is 1.73 bits per heavy atom. The Hall–Kier alpha value is -3.00. The van der Waals surface area contributed by atoms with E-state index in [9.17, 15) is 10.1 Å². The summed E-state index contributed by atoms with van der Waals surface area (Å²) in [6.45, 7) is 0. The Morgan fingerprint density at radius 3 is 2.36 bits per heavy atom. The summed E-state index contributed by atoms with van der Waals surface area (Å²) in [6, 6.07) is 13.5. The number of nitrogen functional groups attached to an aromatic ring is 1. The molecule has 7 nitrogen and oxygen atoms in total. The minimum absolute atomic E-state index is 0.0466. The van der Waals surface area contributed by atoms with Crippen LogP contribution in [-0.2, 0) is 0 Å². The first kappa shape index (κ1) is 14.0. The molecule has 0 saturated heterocycles. The van der Waals surface area contributed by atoms with Crippen molar-refractivity contribution in [2.75, 3.05) is 11.1 Å². The SMILES string of the molecule is Nc1ccc(-c2nnc(Nc3ccc([N+](=O)[O-])cc3)s2)cc1. The average molecular weight is 313 g/mol. The van der Waals surface area contributed by atoms with Crippen molar-refractivity contribution in [2.45, 2.75) is 0 Å². The summed E-state index contributed by atoms with van der Waals surface area (Å²) in [7, 11) is 0. The third-order valence-electron chi connectivity index (χ3n) is 2.91. The van der Waals surface area contributed by atoms with Gasteiger partial charge in [0.25, 0.3) is 5.69 Å². The molecule has 1 aromatic heterocycles. The van der Waals surface area contributed by atoms with Gasteiger partial charge in [0, 0.05) is 29.1 Å². The molecule has 0 fully saturated rings. The number of nitro benzene ring substituents is 1. The summed E-state index contributed by atoms with van der Waals surface area (Å²) < 4.78 is 0. The third kappa shape index (κ3) is 3.01. The first-order valence-corrected chi connectivity index (χ1v) is 7.14. The fourth-order valence-corrected chi connectivity index (χ4v) is 2.58. The molecular formula is C14H11N5O2S. The molecule has 3 rings (SSSR count). The molecule has 3 aromatic rings. The second kappa shape index (κ2) is 5.78. The van der Waals surface area contributed by atoms with Gasteiger partial charge in [-0.05, 0) is 36.4 Å². The van der Waals surface area contributed by atoms with Crippen LogP contribution >= 0.6 is 11.3 Å². The lowest BCUT2D eigenvalue weighted by molar-refractivity contribution is -0.384. The van der Waals surface area contributed by atoms with Gasteiger partial charge >= 0.3 is 0 Å². The molecule has 0 unspecified atom stereocenters. The van der Waals surface area contributed by atoms with E-state index in [1.54, 1.807) is 24.3 Å². The van der Waals surface area contributed by atoms with Gasteiger partial charge in [-0.1, -0.05) is 11.3 Å². The second-order valence-electron chi connectivity index (χ2n) is 4.46. The van der Waals surface area contributed by atoms with E-state index in [4.69, 9.17) is 5.73 Å². The monoisotopic (exact) mass is 313 g/mol. The van der Waals surface area contributed by atoms with E-state index in [0.717, 1.165) is 10.6 Å². The minimum atomic E-state index is -0.437. The highest BCUT2D eigenvalue weighted by Crippen LogP contribution is 2.29. The van der Waals surface area contributed by atoms with Crippen LogP contribution in [0, 0.1) is 10.1 Å². The van der Waals surface area contributed by atoms with Gasteiger partial charge in [-0.2, -0.15) is 0 Å². The van der Waals surface area contributed by atoms with Crippen LogP contribution in [0.5, 0.6) is 0 Å². The largest absolute Gasteiger partial charge is 0.399 e. The van der Waals surface area contributed by atoms with Crippen molar-refractivity contribution >= 4 is 33.5 Å². The minimum Gasteiger partial charge on any atom is -0.399 e. The van der Waals surface area contributed by atoms with Gasteiger partial charge in [-0.3, -0.25) is 10.1 Å². The number of benzene rings is 2. The first-order valence-electron chi connectivity index (χ1n) is 6.33. The molecule has 0 amide bonds. The Bertz CT molecular complexity index is 799. The Kier molecular flexibility index (Phi) is 3.67. The van der Waals surface area contributed by atoms with E-state index < -0.39 is 4.92 Å². The highest BCUT2D eigenvalue weighted by Gasteiger charge is 2.08. The van der Waals surface area contributed by atoms with Gasteiger partial charge in [-0.25, -0.2) is 0 Å². The van der Waals surface area contributed by atoms with Crippen molar-refractivity contribution in [3.63, 3.8) is 0 Å². The molecule has 0 saturated carbocycles. The van der Waals surface area contributed by atoms with E-state index in [2.05, 4.69) is 15.5 Å². The third-order valence-corrected chi connectivity index (χ3v) is 3.80. The Labute approximate surface area is 129 Å². The highest BCUT2D eigenvalue weighted by atomic mass is 32.1. The van der Waals surface area contributed by atoms with E-state index in [1.807, 2.05) is 12.1 Å². The molecule has 1 heterocycles. The van der Waals surface area contributed by atoms with Crippen molar-refractivity contribution in [2.24, 2.45) is 0 Å². The number of aromatic nitrogens is 2. The average Bonchev–Trinajstić information content (AvgIpc) is 2.97. The number of non-ortho nitro benzene ring substituents is 1. The van der Waals surface area contributed by atoms with Crippen LogP contribution in [0.2, 0.25) is 0 Å². The molecule has 22 heavy (non-hydrogen) atoms. The zero-order chi connectivity index (χ0) is 15.5. The summed E-state index contributed by atoms with van der Waals surface area (Å²) in [5.41, 5.74) is 8.04. The number of nitrogens with one attached hydrogen (secondary N) is 1. The number of nitro groups is 1. The normalized spacial score (nSPS) is 10.4. The van der Waals surface area contributed by atoms with Crippen LogP contribution in [0.1, 0.15) is 0 Å². The molecule has 0 bridgehead atoms. The van der Waals surface area contributed by atoms with Crippen LogP contribution < -0.4 is 11.1 Å². The van der Waals surface area contributed by atoms with E-state index >= 15 is 0 Å². The fraction of sp³-hybridized carbons (Fsp3) is 0. The van der Waals surface area contributed by atoms with Crippen LogP contribution in [0.15, 0.2) is 48.5 Å². The molecule has 0 spiro atoms. The van der Waals surface area contributed by atoms with Gasteiger partial charge in [-0.15, -0.1) is 10.2 Å². The predicted molar refractivity (Wildman–Crippen MR) is 86.1 cm³/mol. The molecule has 0 atom stereocenters. The van der Waals surface area contributed by atoms with Gasteiger partial charge in [0.05, 0.1) is 4.92 Å². The Balaban J connectivity index is 1.76. The van der Waals surface area contributed by atoms with Crippen molar-refractivity contribution in [1.29, 1.82) is 0 Å². The zero-order valence-electron chi connectivity index (χ0n) is 11.3. The van der Waals surface area contributed by atoms with E-state index in [0.29, 0.717) is 16.5 Å². The van der Waals surface area contributed by atoms with Crippen molar-refractivity contribution in [3.05, 3.63) is 58.6 Å². The number of anilines is 3. The summed E-state index contributed by atoms with van der Waals surface area (Å²) in [6.07, 6.45) is 0. The number of hydrogen-bond acceptors (Lipinski definition) is 7. The molecule has 3 N–H and O–H groups in total. The summed E-state index contributed by atoms with van der Waals surface area (Å²) in [4.78, 5) is 10.2. The molecule has 0 radical (unpaired) electrons. The van der Waals surface area contributed by atoms with Crippen LogP contribution in [0.25, 0.3) is 10.6 Å². The summed E-state index contributed by atoms with van der Waals surface area (Å²) >= 11 is 1.39. The highest BCUT2D eigenvalue weighted by molar-refractivity contribution is 7.18. The molecule has 2 aromatic carbocycles. The summed E-state index contributed by atoms with van der Waals surface area (Å²) in [5, 5.41) is 23.2. The standard InChI is InChI=1S/C14H11N5O2S/c15-10-3-1-9(2-4-10)13-17-18-14(22-13)16-11-5-7-12(8-6-11)19(20)21/h1-8H,15H2,(H,16,18). The number of nitrogens with two attached hydrogens (primary N) is 1. The lowest BCUT2D eigenvalue weighted by Crippen LogP contribution is -1.91.